The summed E-state index contributed by atoms with van der Waals surface area (Å²) in [6.07, 6.45) is 2.25. The number of hydrogen-bond donors (Lipinski definition) is 1. The molecule has 1 aromatic rings. The summed E-state index contributed by atoms with van der Waals surface area (Å²) in [4.78, 5) is 29.1. The molecule has 0 saturated carbocycles. The number of hydrogen-bond acceptors (Lipinski definition) is 4. The van der Waals surface area contributed by atoms with Gasteiger partial charge in [-0.3, -0.25) is 4.57 Å². The van der Waals surface area contributed by atoms with Gasteiger partial charge < -0.3 is 10.0 Å². The van der Waals surface area contributed by atoms with Gasteiger partial charge in [0.25, 0.3) is 0 Å². The molecule has 1 atom stereocenters. The molecule has 0 bridgehead atoms. The van der Waals surface area contributed by atoms with Gasteiger partial charge in [-0.25, -0.2) is 9.59 Å². The van der Waals surface area contributed by atoms with E-state index in [0.29, 0.717) is 12.2 Å². The quantitative estimate of drug-likeness (QED) is 0.840. The number of aryl methyl sites for hydroxylation is 1. The van der Waals surface area contributed by atoms with Crippen molar-refractivity contribution < 1.29 is 9.90 Å². The monoisotopic (exact) mass is 251 g/mol. The molecular weight excluding hydrogens is 234 g/mol. The zero-order valence-corrected chi connectivity index (χ0v) is 10.6. The van der Waals surface area contributed by atoms with Crippen LogP contribution in [0.15, 0.2) is 11.0 Å². The lowest BCUT2D eigenvalue weighted by Gasteiger charge is -2.13. The number of likely N-dealkylation sites (tertiary alicyclic amines) is 1. The van der Waals surface area contributed by atoms with Gasteiger partial charge in [-0.1, -0.05) is 0 Å². The fourth-order valence-corrected chi connectivity index (χ4v) is 2.37. The number of likely N-dealkylation sites (N-methyl/N-ethyl adjacent to an activating group) is 1. The van der Waals surface area contributed by atoms with Gasteiger partial charge in [0.2, 0.25) is 0 Å². The van der Waals surface area contributed by atoms with E-state index in [9.17, 15) is 14.7 Å². The van der Waals surface area contributed by atoms with Gasteiger partial charge >= 0.3 is 11.7 Å². The average Bonchev–Trinajstić information content (AvgIpc) is 2.75. The van der Waals surface area contributed by atoms with Crippen LogP contribution in [0.2, 0.25) is 0 Å². The summed E-state index contributed by atoms with van der Waals surface area (Å²) >= 11 is 0. The first-order chi connectivity index (χ1) is 8.52. The number of carboxylic acids is 1. The largest absolute Gasteiger partial charge is 0.478 e. The number of aromatic nitrogens is 2. The first-order valence-electron chi connectivity index (χ1n) is 6.06. The van der Waals surface area contributed by atoms with Crippen molar-refractivity contribution in [3.63, 3.8) is 0 Å². The third-order valence-electron chi connectivity index (χ3n) is 3.37. The van der Waals surface area contributed by atoms with Crippen LogP contribution in [0, 0.1) is 0 Å². The average molecular weight is 251 g/mol. The summed E-state index contributed by atoms with van der Waals surface area (Å²) in [5, 5.41) is 9.23. The summed E-state index contributed by atoms with van der Waals surface area (Å²) in [5.74, 6) is -0.977. The van der Waals surface area contributed by atoms with E-state index >= 15 is 0 Å². The Morgan fingerprint density at radius 2 is 2.33 bits per heavy atom. The molecule has 1 fully saturated rings. The molecule has 1 aliphatic heterocycles. The SMILES string of the molecule is CCn1cc(C(=O)O)c(C2CCN(C)C2)nc1=O. The highest BCUT2D eigenvalue weighted by atomic mass is 16.4. The first kappa shape index (κ1) is 12.8. The molecule has 0 amide bonds. The fraction of sp³-hybridized carbons (Fsp3) is 0.583. The van der Waals surface area contributed by atoms with Crippen LogP contribution in [0.25, 0.3) is 0 Å². The number of aromatic carboxylic acids is 1. The lowest BCUT2D eigenvalue weighted by molar-refractivity contribution is 0.0693. The highest BCUT2D eigenvalue weighted by Gasteiger charge is 2.27. The maximum atomic E-state index is 11.7. The molecule has 1 saturated heterocycles. The van der Waals surface area contributed by atoms with Crippen molar-refractivity contribution in [3.05, 3.63) is 27.9 Å². The van der Waals surface area contributed by atoms with Crippen LogP contribution in [0.1, 0.15) is 35.3 Å². The zero-order valence-electron chi connectivity index (χ0n) is 10.6. The van der Waals surface area contributed by atoms with E-state index in [1.165, 1.54) is 10.8 Å². The Balaban J connectivity index is 2.48. The molecule has 2 rings (SSSR count). The van der Waals surface area contributed by atoms with Crippen LogP contribution in [-0.2, 0) is 6.54 Å². The third-order valence-corrected chi connectivity index (χ3v) is 3.37. The molecule has 0 aromatic carbocycles. The van der Waals surface area contributed by atoms with Crippen molar-refractivity contribution in [1.82, 2.24) is 14.5 Å². The maximum Gasteiger partial charge on any atom is 0.347 e. The third kappa shape index (κ3) is 2.28. The molecule has 1 aromatic heterocycles. The second-order valence-corrected chi connectivity index (χ2v) is 4.66. The van der Waals surface area contributed by atoms with Crippen molar-refractivity contribution in [2.24, 2.45) is 0 Å². The molecule has 0 aliphatic carbocycles. The van der Waals surface area contributed by atoms with Crippen LogP contribution in [-0.4, -0.2) is 45.7 Å². The summed E-state index contributed by atoms with van der Waals surface area (Å²) in [6, 6.07) is 0. The van der Waals surface area contributed by atoms with E-state index in [2.05, 4.69) is 9.88 Å². The summed E-state index contributed by atoms with van der Waals surface area (Å²) in [5.41, 5.74) is 0.213. The van der Waals surface area contributed by atoms with E-state index in [4.69, 9.17) is 0 Å². The highest BCUT2D eigenvalue weighted by Crippen LogP contribution is 2.26. The molecule has 0 spiro atoms. The standard InChI is InChI=1S/C12H17N3O3/c1-3-15-7-9(11(16)17)10(13-12(15)18)8-4-5-14(2)6-8/h7-8H,3-6H2,1-2H3,(H,16,17). The van der Waals surface area contributed by atoms with Crippen LogP contribution in [0.3, 0.4) is 0 Å². The van der Waals surface area contributed by atoms with Gasteiger partial charge in [-0.05, 0) is 26.9 Å². The summed E-state index contributed by atoms with van der Waals surface area (Å²) in [6.45, 7) is 3.87. The first-order valence-corrected chi connectivity index (χ1v) is 6.06. The predicted molar refractivity (Wildman–Crippen MR) is 66.0 cm³/mol. The Kier molecular flexibility index (Phi) is 3.47. The summed E-state index contributed by atoms with van der Waals surface area (Å²) in [7, 11) is 1.98. The van der Waals surface area contributed by atoms with Crippen molar-refractivity contribution in [2.75, 3.05) is 20.1 Å². The molecule has 98 valence electrons. The molecular formula is C12H17N3O3. The van der Waals surface area contributed by atoms with Gasteiger partial charge in [0.15, 0.2) is 0 Å². The smallest absolute Gasteiger partial charge is 0.347 e. The van der Waals surface area contributed by atoms with Crippen molar-refractivity contribution in [3.8, 4) is 0 Å². The van der Waals surface area contributed by atoms with Gasteiger partial charge in [0, 0.05) is 25.2 Å². The number of nitrogens with zero attached hydrogens (tertiary/aromatic N) is 3. The second-order valence-electron chi connectivity index (χ2n) is 4.66. The Labute approximate surface area is 105 Å². The molecule has 1 aliphatic rings. The van der Waals surface area contributed by atoms with Gasteiger partial charge in [0.05, 0.1) is 11.3 Å². The molecule has 6 heteroatoms. The zero-order chi connectivity index (χ0) is 13.3. The van der Waals surface area contributed by atoms with Crippen molar-refractivity contribution in [2.45, 2.75) is 25.8 Å². The van der Waals surface area contributed by atoms with Crippen LogP contribution >= 0.6 is 0 Å². The van der Waals surface area contributed by atoms with E-state index in [-0.39, 0.29) is 17.2 Å². The van der Waals surface area contributed by atoms with Gasteiger partial charge in [0.1, 0.15) is 0 Å². The normalized spacial score (nSPS) is 20.2. The predicted octanol–water partition coefficient (Wildman–Crippen LogP) is 0.380. The van der Waals surface area contributed by atoms with Crippen molar-refractivity contribution >= 4 is 5.97 Å². The minimum absolute atomic E-state index is 0.0420. The minimum Gasteiger partial charge on any atom is -0.478 e. The van der Waals surface area contributed by atoms with E-state index < -0.39 is 5.97 Å². The Bertz CT molecular complexity index is 524. The topological polar surface area (TPSA) is 75.4 Å². The second kappa shape index (κ2) is 4.89. The van der Waals surface area contributed by atoms with Crippen molar-refractivity contribution in [1.29, 1.82) is 0 Å². The molecule has 18 heavy (non-hydrogen) atoms. The molecule has 1 N–H and O–H groups in total. The summed E-state index contributed by atoms with van der Waals surface area (Å²) < 4.78 is 1.33. The maximum absolute atomic E-state index is 11.7. The Morgan fingerprint density at radius 3 is 2.83 bits per heavy atom. The lowest BCUT2D eigenvalue weighted by Crippen LogP contribution is -2.27. The number of rotatable bonds is 3. The minimum atomic E-state index is -1.02. The number of carboxylic acid groups (broad SMARTS) is 1. The molecule has 2 heterocycles. The van der Waals surface area contributed by atoms with E-state index in [1.54, 1.807) is 6.92 Å². The van der Waals surface area contributed by atoms with E-state index in [1.807, 2.05) is 7.05 Å². The van der Waals surface area contributed by atoms with Gasteiger partial charge in [-0.15, -0.1) is 0 Å². The molecule has 0 radical (unpaired) electrons. The molecule has 1 unspecified atom stereocenters. The van der Waals surface area contributed by atoms with Crippen LogP contribution in [0.5, 0.6) is 0 Å². The van der Waals surface area contributed by atoms with Crippen LogP contribution in [0.4, 0.5) is 0 Å². The van der Waals surface area contributed by atoms with Gasteiger partial charge in [-0.2, -0.15) is 4.98 Å². The van der Waals surface area contributed by atoms with Crippen LogP contribution < -0.4 is 5.69 Å². The number of carbonyl (C=O) groups is 1. The highest BCUT2D eigenvalue weighted by molar-refractivity contribution is 5.88. The Hall–Kier alpha value is -1.69. The lowest BCUT2D eigenvalue weighted by atomic mass is 10.0. The molecule has 6 nitrogen and oxygen atoms in total. The van der Waals surface area contributed by atoms with E-state index in [0.717, 1.165) is 19.5 Å². The Morgan fingerprint density at radius 1 is 1.61 bits per heavy atom. The fourth-order valence-electron chi connectivity index (χ4n) is 2.37.